The third-order valence-corrected chi connectivity index (χ3v) is 15.0. The van der Waals surface area contributed by atoms with E-state index < -0.39 is 0 Å². The maximum Gasteiger partial charge on any atom is 0.0540 e. The quantitative estimate of drug-likeness (QED) is 0.174. The van der Waals surface area contributed by atoms with E-state index in [0.29, 0.717) is 0 Å². The summed E-state index contributed by atoms with van der Waals surface area (Å²) in [6.07, 6.45) is 1.11. The zero-order valence-corrected chi connectivity index (χ0v) is 41.5. The molecule has 2 heterocycles. The second-order valence-electron chi connectivity index (χ2n) is 23.9. The molecule has 7 aromatic rings. The van der Waals surface area contributed by atoms with E-state index in [0.717, 1.165) is 6.42 Å². The van der Waals surface area contributed by atoms with Gasteiger partial charge in [0.15, 0.2) is 0 Å². The Kier molecular flexibility index (Phi) is 9.65. The molecule has 3 aliphatic rings. The van der Waals surface area contributed by atoms with Crippen molar-refractivity contribution in [2.45, 2.75) is 136 Å². The minimum Gasteiger partial charge on any atom is -0.309 e. The summed E-state index contributed by atoms with van der Waals surface area (Å²) in [6, 6.07) is 54.2. The summed E-state index contributed by atoms with van der Waals surface area (Å²) in [5, 5.41) is 0. The summed E-state index contributed by atoms with van der Waals surface area (Å²) in [7, 11) is 0. The van der Waals surface area contributed by atoms with E-state index in [2.05, 4.69) is 246 Å². The number of fused-ring (bicyclic) bond motifs is 5. The van der Waals surface area contributed by atoms with Gasteiger partial charge >= 0.3 is 0 Å². The van der Waals surface area contributed by atoms with Crippen molar-refractivity contribution in [3.05, 3.63) is 190 Å². The fourth-order valence-corrected chi connectivity index (χ4v) is 11.6. The molecule has 1 unspecified atom stereocenters. The summed E-state index contributed by atoms with van der Waals surface area (Å²) in [6.45, 7) is 33.3. The zero-order valence-electron chi connectivity index (χ0n) is 41.5. The Labute approximate surface area is 390 Å². The van der Waals surface area contributed by atoms with Gasteiger partial charge in [0.05, 0.1) is 28.4 Å². The van der Waals surface area contributed by atoms with Crippen LogP contribution < -0.4 is 9.80 Å². The van der Waals surface area contributed by atoms with E-state index in [1.807, 2.05) is 0 Å². The maximum absolute atomic E-state index is 2.68. The van der Waals surface area contributed by atoms with Crippen molar-refractivity contribution < 1.29 is 0 Å². The number of rotatable bonds is 4. The molecule has 0 saturated carbocycles. The van der Waals surface area contributed by atoms with Crippen molar-refractivity contribution in [1.29, 1.82) is 0 Å². The van der Waals surface area contributed by atoms with Crippen LogP contribution in [0.3, 0.4) is 0 Å². The van der Waals surface area contributed by atoms with Gasteiger partial charge in [0.2, 0.25) is 0 Å². The molecule has 1 aliphatic carbocycles. The summed E-state index contributed by atoms with van der Waals surface area (Å²) < 4.78 is 0. The predicted octanol–water partition coefficient (Wildman–Crippen LogP) is 17.9. The Balaban J connectivity index is 1.37. The van der Waals surface area contributed by atoms with Crippen LogP contribution in [0.5, 0.6) is 0 Å². The number of benzene rings is 7. The first-order chi connectivity index (χ1) is 30.5. The zero-order chi connectivity index (χ0) is 46.2. The Morgan fingerprint density at radius 2 is 0.923 bits per heavy atom. The molecule has 65 heavy (non-hydrogen) atoms. The molecular weight excluding hydrogens is 785 g/mol. The molecule has 0 radical (unpaired) electrons. The Hall–Kier alpha value is -5.86. The molecule has 0 amide bonds. The lowest BCUT2D eigenvalue weighted by molar-refractivity contribution is 0.403. The second kappa shape index (κ2) is 14.6. The fraction of sp³-hybridized carbons (Fsp3) is 0.333. The van der Waals surface area contributed by atoms with Crippen molar-refractivity contribution >= 4 is 34.1 Å². The molecule has 10 rings (SSSR count). The predicted molar refractivity (Wildman–Crippen MR) is 279 cm³/mol. The Morgan fingerprint density at radius 3 is 1.52 bits per heavy atom. The monoisotopic (exact) mass is 853 g/mol. The SMILES string of the molecule is Cc1ccc(-c2ccccc2)cc1N1c2cc3c(cc2C2c4ccc(C(C)(C)C)cc4N(c4ccc(C(C)(C)C)cc4-c4ccccc4)c4cc(C(C)(C)C)cc1c42)C(C)(C)CC3(C)C. The van der Waals surface area contributed by atoms with Crippen molar-refractivity contribution in [3.8, 4) is 22.3 Å². The van der Waals surface area contributed by atoms with Crippen molar-refractivity contribution in [3.63, 3.8) is 0 Å². The number of hydrogen-bond acceptors (Lipinski definition) is 2. The van der Waals surface area contributed by atoms with Gasteiger partial charge < -0.3 is 9.80 Å². The van der Waals surface area contributed by atoms with E-state index in [1.54, 1.807) is 0 Å². The van der Waals surface area contributed by atoms with Crippen LogP contribution in [0, 0.1) is 6.92 Å². The molecule has 0 N–H and O–H groups in total. The number of aryl methyl sites for hydroxylation is 1. The van der Waals surface area contributed by atoms with E-state index >= 15 is 0 Å². The third-order valence-electron chi connectivity index (χ3n) is 15.0. The fourth-order valence-electron chi connectivity index (χ4n) is 11.6. The first-order valence-corrected chi connectivity index (χ1v) is 24.0. The van der Waals surface area contributed by atoms with Gasteiger partial charge in [-0.3, -0.25) is 0 Å². The largest absolute Gasteiger partial charge is 0.309 e. The van der Waals surface area contributed by atoms with Crippen LogP contribution in [-0.4, -0.2) is 0 Å². The van der Waals surface area contributed by atoms with Crippen LogP contribution in [0.1, 0.15) is 152 Å². The number of nitrogens with zero attached hydrogens (tertiary/aromatic N) is 2. The first kappa shape index (κ1) is 43.1. The van der Waals surface area contributed by atoms with E-state index in [4.69, 9.17) is 0 Å². The molecule has 0 fully saturated rings. The maximum atomic E-state index is 2.68. The highest BCUT2D eigenvalue weighted by Crippen LogP contribution is 2.64. The second-order valence-corrected chi connectivity index (χ2v) is 23.9. The van der Waals surface area contributed by atoms with Crippen LogP contribution in [0.2, 0.25) is 0 Å². The molecule has 2 aliphatic heterocycles. The van der Waals surface area contributed by atoms with Crippen molar-refractivity contribution in [2.75, 3.05) is 9.80 Å². The molecule has 0 saturated heterocycles. The lowest BCUT2D eigenvalue weighted by Crippen LogP contribution is -2.31. The minimum absolute atomic E-state index is 0.0172. The average molecular weight is 853 g/mol. The molecule has 1 atom stereocenters. The van der Waals surface area contributed by atoms with Crippen LogP contribution in [-0.2, 0) is 27.1 Å². The van der Waals surface area contributed by atoms with Gasteiger partial charge in [0.25, 0.3) is 0 Å². The summed E-state index contributed by atoms with van der Waals surface area (Å²) in [4.78, 5) is 5.34. The van der Waals surface area contributed by atoms with E-state index in [1.165, 1.54) is 106 Å². The molecule has 2 nitrogen and oxygen atoms in total. The summed E-state index contributed by atoms with van der Waals surface area (Å²) >= 11 is 0. The van der Waals surface area contributed by atoms with E-state index in [-0.39, 0.29) is 33.0 Å². The lowest BCUT2D eigenvalue weighted by atomic mass is 9.71. The van der Waals surface area contributed by atoms with E-state index in [9.17, 15) is 0 Å². The van der Waals surface area contributed by atoms with Gasteiger partial charge in [-0.05, 0) is 144 Å². The van der Waals surface area contributed by atoms with Gasteiger partial charge in [-0.25, -0.2) is 0 Å². The smallest absolute Gasteiger partial charge is 0.0540 e. The Morgan fingerprint density at radius 1 is 0.415 bits per heavy atom. The van der Waals surface area contributed by atoms with Crippen molar-refractivity contribution in [1.82, 2.24) is 0 Å². The molecule has 0 spiro atoms. The molecule has 2 heteroatoms. The Bertz CT molecular complexity index is 3020. The molecule has 0 aromatic heterocycles. The van der Waals surface area contributed by atoms with Gasteiger partial charge in [0, 0.05) is 22.7 Å². The summed E-state index contributed by atoms with van der Waals surface area (Å²) in [5.74, 6) is 0.0250. The first-order valence-electron chi connectivity index (χ1n) is 24.0. The topological polar surface area (TPSA) is 6.48 Å². The highest BCUT2D eigenvalue weighted by atomic mass is 15.2. The van der Waals surface area contributed by atoms with Gasteiger partial charge in [-0.15, -0.1) is 0 Å². The lowest BCUT2D eigenvalue weighted by Gasteiger charge is -2.47. The number of anilines is 6. The van der Waals surface area contributed by atoms with Gasteiger partial charge in [-0.2, -0.15) is 0 Å². The van der Waals surface area contributed by atoms with Gasteiger partial charge in [0.1, 0.15) is 0 Å². The van der Waals surface area contributed by atoms with Crippen LogP contribution in [0.25, 0.3) is 22.3 Å². The van der Waals surface area contributed by atoms with Gasteiger partial charge in [-0.1, -0.05) is 187 Å². The average Bonchev–Trinajstić information content (AvgIpc) is 3.43. The summed E-state index contributed by atoms with van der Waals surface area (Å²) in [5.41, 5.74) is 24.7. The molecule has 330 valence electrons. The van der Waals surface area contributed by atoms with Crippen LogP contribution in [0.4, 0.5) is 34.1 Å². The van der Waals surface area contributed by atoms with Crippen LogP contribution in [0.15, 0.2) is 140 Å². The molecule has 7 aromatic carbocycles. The molecular formula is C63H68N2. The standard InChI is InChI=1S/C63H68N2/c1-39-25-26-42(40-21-17-15-18-22-40)31-52(39)65-54-37-50-49(62(11,12)38-63(50,13)14)36-48(54)57-46-29-27-44(60(5,6)7)33-53(46)64(55-34-45(61(8,9)10)35-56(65)58(55)57)51-30-28-43(59(2,3)4)32-47(51)41-23-19-16-20-24-41/h15-37,57H,38H2,1-14H3. The normalized spacial score (nSPS) is 17.0. The molecule has 0 bridgehead atoms. The minimum atomic E-state index is -0.130. The highest BCUT2D eigenvalue weighted by Gasteiger charge is 2.47. The highest BCUT2D eigenvalue weighted by molar-refractivity contribution is 6.00. The number of hydrogen-bond donors (Lipinski definition) is 0. The van der Waals surface area contributed by atoms with Crippen molar-refractivity contribution in [2.24, 2.45) is 0 Å². The van der Waals surface area contributed by atoms with Crippen LogP contribution >= 0.6 is 0 Å². The third kappa shape index (κ3) is 7.06.